The molecule has 3 rings (SSSR count). The molecule has 28 heavy (non-hydrogen) atoms. The fraction of sp³-hybridized carbons (Fsp3) is 0.333. The van der Waals surface area contributed by atoms with E-state index < -0.39 is 0 Å². The van der Waals surface area contributed by atoms with E-state index in [1.165, 1.54) is 12.1 Å². The van der Waals surface area contributed by atoms with Crippen molar-refractivity contribution in [2.24, 2.45) is 0 Å². The lowest BCUT2D eigenvalue weighted by molar-refractivity contribution is -0.122. The van der Waals surface area contributed by atoms with Crippen LogP contribution in [0.3, 0.4) is 0 Å². The third-order valence-corrected chi connectivity index (χ3v) is 4.63. The van der Waals surface area contributed by atoms with E-state index in [4.69, 9.17) is 4.74 Å². The second-order valence-corrected chi connectivity index (χ2v) is 6.66. The second-order valence-electron chi connectivity index (χ2n) is 6.66. The maximum atomic E-state index is 13.5. The fourth-order valence-corrected chi connectivity index (χ4v) is 3.18. The van der Waals surface area contributed by atoms with Crippen molar-refractivity contribution in [1.82, 2.24) is 10.6 Å². The van der Waals surface area contributed by atoms with E-state index in [1.807, 2.05) is 26.0 Å². The molecule has 2 aromatic carbocycles. The minimum Gasteiger partial charge on any atom is -0.484 e. The number of urea groups is 1. The molecule has 0 spiro atoms. The number of fused-ring (bicyclic) bond motifs is 1. The number of hydrogen-bond acceptors (Lipinski definition) is 3. The predicted molar refractivity (Wildman–Crippen MR) is 105 cm³/mol. The number of anilines is 1. The summed E-state index contributed by atoms with van der Waals surface area (Å²) in [6.45, 7) is 4.72. The third kappa shape index (κ3) is 4.60. The van der Waals surface area contributed by atoms with Crippen LogP contribution in [0, 0.1) is 5.82 Å². The second kappa shape index (κ2) is 8.73. The molecule has 6 nitrogen and oxygen atoms in total. The minimum absolute atomic E-state index is 0.0613. The van der Waals surface area contributed by atoms with Crippen LogP contribution in [-0.2, 0) is 11.2 Å². The van der Waals surface area contributed by atoms with Gasteiger partial charge < -0.3 is 15.4 Å². The van der Waals surface area contributed by atoms with Gasteiger partial charge in [0.05, 0.1) is 11.7 Å². The first-order chi connectivity index (χ1) is 13.5. The van der Waals surface area contributed by atoms with Crippen molar-refractivity contribution in [1.29, 1.82) is 0 Å². The van der Waals surface area contributed by atoms with Crippen molar-refractivity contribution >= 4 is 17.6 Å². The molecule has 0 bridgehead atoms. The topological polar surface area (TPSA) is 70.7 Å². The fourth-order valence-electron chi connectivity index (χ4n) is 3.18. The molecule has 7 heteroatoms. The van der Waals surface area contributed by atoms with Gasteiger partial charge in [-0.1, -0.05) is 18.2 Å². The number of benzene rings is 2. The first-order valence-corrected chi connectivity index (χ1v) is 9.34. The highest BCUT2D eigenvalue weighted by molar-refractivity contribution is 5.94. The summed E-state index contributed by atoms with van der Waals surface area (Å²) in [6, 6.07) is 11.2. The molecule has 0 fully saturated rings. The molecule has 3 amide bonds. The van der Waals surface area contributed by atoms with E-state index in [0.717, 1.165) is 11.1 Å². The van der Waals surface area contributed by atoms with Gasteiger partial charge in [0, 0.05) is 13.1 Å². The Morgan fingerprint density at radius 3 is 2.86 bits per heavy atom. The van der Waals surface area contributed by atoms with Crippen LogP contribution in [-0.4, -0.2) is 31.6 Å². The number of ether oxygens (including phenoxy) is 1. The Hall–Kier alpha value is -3.09. The molecule has 1 aliphatic heterocycles. The molecule has 148 valence electrons. The van der Waals surface area contributed by atoms with E-state index in [-0.39, 0.29) is 30.4 Å². The molecule has 0 aliphatic carbocycles. The van der Waals surface area contributed by atoms with Crippen molar-refractivity contribution < 1.29 is 18.7 Å². The van der Waals surface area contributed by atoms with Gasteiger partial charge in [-0.05, 0) is 55.7 Å². The van der Waals surface area contributed by atoms with Gasteiger partial charge in [-0.25, -0.2) is 9.18 Å². The van der Waals surface area contributed by atoms with Crippen LogP contribution in [0.25, 0.3) is 0 Å². The standard InChI is InChI=1S/C21H24FN3O3/c1-3-23-20(26)13-28-18-6-4-5-16(11-18)14(2)24-21(27)25-10-9-15-7-8-17(22)12-19(15)25/h4-8,11-12,14H,3,9-10,13H2,1-2H3,(H,23,26)(H,24,27)/t14-/m0/s1. The van der Waals surface area contributed by atoms with Crippen LogP contribution < -0.4 is 20.3 Å². The van der Waals surface area contributed by atoms with Crippen LogP contribution >= 0.6 is 0 Å². The van der Waals surface area contributed by atoms with Gasteiger partial charge in [0.1, 0.15) is 11.6 Å². The Labute approximate surface area is 163 Å². The Morgan fingerprint density at radius 1 is 1.25 bits per heavy atom. The van der Waals surface area contributed by atoms with Crippen LogP contribution in [0.5, 0.6) is 5.75 Å². The molecule has 2 aromatic rings. The zero-order valence-electron chi connectivity index (χ0n) is 16.0. The molecule has 1 atom stereocenters. The Morgan fingerprint density at radius 2 is 2.07 bits per heavy atom. The molecular formula is C21H24FN3O3. The number of amides is 3. The highest BCUT2D eigenvalue weighted by Crippen LogP contribution is 2.29. The number of nitrogens with one attached hydrogen (secondary N) is 2. The van der Waals surface area contributed by atoms with Crippen molar-refractivity contribution in [3.8, 4) is 5.75 Å². The first kappa shape index (κ1) is 19.7. The lowest BCUT2D eigenvalue weighted by atomic mass is 10.1. The molecule has 0 saturated carbocycles. The number of carbonyl (C=O) groups excluding carboxylic acids is 2. The minimum atomic E-state index is -0.358. The molecule has 0 radical (unpaired) electrons. The van der Waals surface area contributed by atoms with Crippen molar-refractivity contribution in [3.05, 3.63) is 59.4 Å². The quantitative estimate of drug-likeness (QED) is 0.802. The molecule has 0 unspecified atom stereocenters. The zero-order valence-corrected chi connectivity index (χ0v) is 16.0. The van der Waals surface area contributed by atoms with Gasteiger partial charge >= 0.3 is 6.03 Å². The lowest BCUT2D eigenvalue weighted by Gasteiger charge is -2.22. The smallest absolute Gasteiger partial charge is 0.322 e. The lowest BCUT2D eigenvalue weighted by Crippen LogP contribution is -2.40. The van der Waals surface area contributed by atoms with Crippen molar-refractivity contribution in [3.63, 3.8) is 0 Å². The number of rotatable bonds is 6. The molecular weight excluding hydrogens is 361 g/mol. The maximum Gasteiger partial charge on any atom is 0.322 e. The van der Waals surface area contributed by atoms with E-state index in [1.54, 1.807) is 23.1 Å². The van der Waals surface area contributed by atoms with Crippen molar-refractivity contribution in [2.45, 2.75) is 26.3 Å². The SMILES string of the molecule is CCNC(=O)COc1cccc([C@H](C)NC(=O)N2CCc3ccc(F)cc32)c1. The van der Waals surface area contributed by atoms with E-state index >= 15 is 0 Å². The summed E-state index contributed by atoms with van der Waals surface area (Å²) in [4.78, 5) is 25.8. The predicted octanol–water partition coefficient (Wildman–Crippen LogP) is 3.17. The van der Waals surface area contributed by atoms with Gasteiger partial charge in [-0.3, -0.25) is 9.69 Å². The van der Waals surface area contributed by atoms with Gasteiger partial charge in [0.15, 0.2) is 6.61 Å². The van der Waals surface area contributed by atoms with E-state index in [2.05, 4.69) is 10.6 Å². The summed E-state index contributed by atoms with van der Waals surface area (Å²) in [5.41, 5.74) is 2.43. The average molecular weight is 385 g/mol. The summed E-state index contributed by atoms with van der Waals surface area (Å²) >= 11 is 0. The maximum absolute atomic E-state index is 13.5. The zero-order chi connectivity index (χ0) is 20.1. The van der Waals surface area contributed by atoms with Crippen molar-refractivity contribution in [2.75, 3.05) is 24.6 Å². The number of carbonyl (C=O) groups is 2. The molecule has 0 saturated heterocycles. The Balaban J connectivity index is 1.63. The molecule has 0 aromatic heterocycles. The third-order valence-electron chi connectivity index (χ3n) is 4.63. The summed E-state index contributed by atoms with van der Waals surface area (Å²) in [6.07, 6.45) is 0.709. The number of hydrogen-bond donors (Lipinski definition) is 2. The largest absolute Gasteiger partial charge is 0.484 e. The first-order valence-electron chi connectivity index (χ1n) is 9.34. The Bertz CT molecular complexity index is 872. The number of likely N-dealkylation sites (N-methyl/N-ethyl adjacent to an activating group) is 1. The van der Waals surface area contributed by atoms with Gasteiger partial charge in [-0.15, -0.1) is 0 Å². The summed E-state index contributed by atoms with van der Waals surface area (Å²) < 4.78 is 19.0. The average Bonchev–Trinajstić information content (AvgIpc) is 3.10. The molecule has 2 N–H and O–H groups in total. The number of halogens is 1. The van der Waals surface area contributed by atoms with E-state index in [9.17, 15) is 14.0 Å². The normalized spacial score (nSPS) is 13.6. The number of nitrogens with zero attached hydrogens (tertiary/aromatic N) is 1. The molecule has 1 aliphatic rings. The van der Waals surface area contributed by atoms with Crippen LogP contribution in [0.4, 0.5) is 14.9 Å². The van der Waals surface area contributed by atoms with Crippen LogP contribution in [0.15, 0.2) is 42.5 Å². The van der Waals surface area contributed by atoms with Crippen LogP contribution in [0.1, 0.15) is 31.0 Å². The highest BCUT2D eigenvalue weighted by atomic mass is 19.1. The van der Waals surface area contributed by atoms with Gasteiger partial charge in [0.2, 0.25) is 0 Å². The molecule has 1 heterocycles. The van der Waals surface area contributed by atoms with Gasteiger partial charge in [0.25, 0.3) is 5.91 Å². The Kier molecular flexibility index (Phi) is 6.13. The summed E-state index contributed by atoms with van der Waals surface area (Å²) in [7, 11) is 0. The summed E-state index contributed by atoms with van der Waals surface area (Å²) in [5.74, 6) is 0.0103. The van der Waals surface area contributed by atoms with Gasteiger partial charge in [-0.2, -0.15) is 0 Å². The van der Waals surface area contributed by atoms with E-state index in [0.29, 0.717) is 30.9 Å². The monoisotopic (exact) mass is 385 g/mol. The van der Waals surface area contributed by atoms with Crippen LogP contribution in [0.2, 0.25) is 0 Å². The highest BCUT2D eigenvalue weighted by Gasteiger charge is 2.26. The summed E-state index contributed by atoms with van der Waals surface area (Å²) in [5, 5.41) is 5.61.